The van der Waals surface area contributed by atoms with Gasteiger partial charge in [0.05, 0.1) is 31.3 Å². The Bertz CT molecular complexity index is 1030. The number of nitrogens with one attached hydrogen (secondary N) is 1. The van der Waals surface area contributed by atoms with Crippen LogP contribution in [0.4, 0.5) is 0 Å². The van der Waals surface area contributed by atoms with Crippen molar-refractivity contribution >= 4 is 13.7 Å². The van der Waals surface area contributed by atoms with Crippen molar-refractivity contribution in [2.75, 3.05) is 6.61 Å². The highest BCUT2D eigenvalue weighted by Crippen LogP contribution is 2.47. The Morgan fingerprint density at radius 1 is 0.648 bits per heavy atom. The Hall–Kier alpha value is -1.22. The molecule has 54 heavy (non-hydrogen) atoms. The molecule has 0 spiro atoms. The Kier molecular flexibility index (Phi) is 29.0. The largest absolute Gasteiger partial charge is 0.472 e. The average molecular weight is 794 g/mol. The fourth-order valence-electron chi connectivity index (χ4n) is 6.55. The SMILES string of the molecule is CCCCCCCCCCCC/C=C/CC/C=C/C(O)C(COP(=O)(O)OC1C(O)C(O)C(O)C(O)C1O)NC(=O)CC(O)CCCCCCCCCC. The molecule has 0 saturated heterocycles. The van der Waals surface area contributed by atoms with Crippen LogP contribution in [0.25, 0.3) is 0 Å². The Morgan fingerprint density at radius 3 is 1.63 bits per heavy atom. The molecule has 1 amide bonds. The number of rotatable bonds is 33. The van der Waals surface area contributed by atoms with Gasteiger partial charge in [-0.25, -0.2) is 4.57 Å². The predicted octanol–water partition coefficient (Wildman–Crippen LogP) is 5.64. The maximum Gasteiger partial charge on any atom is 0.472 e. The molecular weight excluding hydrogens is 717 g/mol. The lowest BCUT2D eigenvalue weighted by Gasteiger charge is -2.41. The quantitative estimate of drug-likeness (QED) is 0.0224. The first kappa shape index (κ1) is 50.8. The fourth-order valence-corrected chi connectivity index (χ4v) is 7.52. The summed E-state index contributed by atoms with van der Waals surface area (Å²) in [7, 11) is -5.14. The first-order valence-corrected chi connectivity index (χ1v) is 22.4. The van der Waals surface area contributed by atoms with Crippen LogP contribution in [0.5, 0.6) is 0 Å². The molecule has 1 fully saturated rings. The average Bonchev–Trinajstić information content (AvgIpc) is 3.14. The maximum atomic E-state index is 12.9. The molecule has 8 unspecified atom stereocenters. The second kappa shape index (κ2) is 30.9. The first-order chi connectivity index (χ1) is 25.8. The van der Waals surface area contributed by atoms with E-state index in [4.69, 9.17) is 9.05 Å². The summed E-state index contributed by atoms with van der Waals surface area (Å²) in [6.07, 6.45) is 17.3. The number of carbonyl (C=O) groups excluding carboxylic acids is 1. The van der Waals surface area contributed by atoms with Gasteiger partial charge >= 0.3 is 7.82 Å². The summed E-state index contributed by atoms with van der Waals surface area (Å²) in [5.74, 6) is -0.606. The van der Waals surface area contributed by atoms with Crippen molar-refractivity contribution in [3.63, 3.8) is 0 Å². The molecule has 0 heterocycles. The minimum absolute atomic E-state index is 0.251. The van der Waals surface area contributed by atoms with Gasteiger partial charge in [0, 0.05) is 0 Å². The number of hydrogen-bond acceptors (Lipinski definition) is 11. The molecule has 0 bridgehead atoms. The lowest BCUT2D eigenvalue weighted by molar-refractivity contribution is -0.220. The Labute approximate surface area is 324 Å². The van der Waals surface area contributed by atoms with Crippen LogP contribution in [0, 0.1) is 0 Å². The molecule has 0 aromatic carbocycles. The molecule has 0 radical (unpaired) electrons. The van der Waals surface area contributed by atoms with Gasteiger partial charge in [0.25, 0.3) is 0 Å². The van der Waals surface area contributed by atoms with Crippen molar-refractivity contribution in [2.24, 2.45) is 0 Å². The van der Waals surface area contributed by atoms with E-state index < -0.39 is 75.2 Å². The van der Waals surface area contributed by atoms with Crippen LogP contribution in [0.3, 0.4) is 0 Å². The van der Waals surface area contributed by atoms with Crippen LogP contribution in [0.1, 0.15) is 162 Å². The lowest BCUT2D eigenvalue weighted by Crippen LogP contribution is -2.64. The van der Waals surface area contributed by atoms with Gasteiger partial charge in [0.1, 0.15) is 36.6 Å². The van der Waals surface area contributed by atoms with Crippen LogP contribution < -0.4 is 5.32 Å². The smallest absolute Gasteiger partial charge is 0.393 e. The fraction of sp³-hybridized carbons (Fsp3) is 0.875. The zero-order valence-corrected chi connectivity index (χ0v) is 34.0. The normalized spacial score (nSPS) is 24.9. The summed E-state index contributed by atoms with van der Waals surface area (Å²) in [5, 5.41) is 74.0. The van der Waals surface area contributed by atoms with Gasteiger partial charge in [-0.1, -0.05) is 147 Å². The number of amides is 1. The van der Waals surface area contributed by atoms with Gasteiger partial charge < -0.3 is 46.0 Å². The standard InChI is InChI=1S/C40H76NO12P/c1-3-5-7-9-11-13-14-15-16-17-18-19-20-22-24-26-28-33(43)32(41-34(44)29-31(42)27-25-23-21-12-10-8-6-4-2)30-52-54(50,51)53-40-38(48)36(46)35(45)37(47)39(40)49/h19-20,26,28,31-33,35-40,42-43,45-49H,3-18,21-25,27,29-30H2,1-2H3,(H,41,44)(H,50,51)/b20-19+,28-26+. The van der Waals surface area contributed by atoms with Crippen molar-refractivity contribution in [3.05, 3.63) is 24.3 Å². The van der Waals surface area contributed by atoms with Crippen molar-refractivity contribution in [2.45, 2.75) is 216 Å². The molecule has 318 valence electrons. The molecule has 1 rings (SSSR count). The molecule has 1 aliphatic carbocycles. The van der Waals surface area contributed by atoms with Crippen molar-refractivity contribution in [1.82, 2.24) is 5.32 Å². The van der Waals surface area contributed by atoms with Crippen LogP contribution in [-0.2, 0) is 18.4 Å². The maximum absolute atomic E-state index is 12.9. The van der Waals surface area contributed by atoms with E-state index in [0.717, 1.165) is 44.9 Å². The number of aliphatic hydroxyl groups excluding tert-OH is 7. The van der Waals surface area contributed by atoms with E-state index in [1.54, 1.807) is 6.08 Å². The van der Waals surface area contributed by atoms with Crippen molar-refractivity contribution in [1.29, 1.82) is 0 Å². The molecule has 14 heteroatoms. The summed E-state index contributed by atoms with van der Waals surface area (Å²) >= 11 is 0. The van der Waals surface area contributed by atoms with E-state index in [1.807, 2.05) is 0 Å². The molecule has 13 nitrogen and oxygen atoms in total. The van der Waals surface area contributed by atoms with Crippen LogP contribution >= 0.6 is 7.82 Å². The Balaban J connectivity index is 2.64. The number of phosphoric ester groups is 1. The summed E-state index contributed by atoms with van der Waals surface area (Å²) < 4.78 is 22.7. The number of carbonyl (C=O) groups is 1. The van der Waals surface area contributed by atoms with E-state index in [1.165, 1.54) is 89.5 Å². The van der Waals surface area contributed by atoms with Crippen molar-refractivity contribution in [3.8, 4) is 0 Å². The zero-order chi connectivity index (χ0) is 40.2. The number of allylic oxidation sites excluding steroid dienone is 3. The van der Waals surface area contributed by atoms with Crippen molar-refractivity contribution < 1.29 is 59.0 Å². The summed E-state index contributed by atoms with van der Waals surface area (Å²) in [5.41, 5.74) is 0. The Morgan fingerprint density at radius 2 is 1.09 bits per heavy atom. The van der Waals surface area contributed by atoms with E-state index in [0.29, 0.717) is 12.8 Å². The molecule has 0 aliphatic heterocycles. The number of phosphoric acid groups is 1. The van der Waals surface area contributed by atoms with E-state index >= 15 is 0 Å². The zero-order valence-electron chi connectivity index (χ0n) is 33.1. The molecule has 1 aliphatic rings. The highest BCUT2D eigenvalue weighted by molar-refractivity contribution is 7.47. The minimum atomic E-state index is -5.14. The molecular formula is C40H76NO12P. The second-order valence-electron chi connectivity index (χ2n) is 15.0. The van der Waals surface area contributed by atoms with Gasteiger partial charge in [0.2, 0.25) is 5.91 Å². The van der Waals surface area contributed by atoms with E-state index in [-0.39, 0.29) is 6.42 Å². The van der Waals surface area contributed by atoms with Crippen LogP contribution in [-0.4, -0.2) is 108 Å². The van der Waals surface area contributed by atoms with Gasteiger partial charge in [-0.05, 0) is 32.1 Å². The van der Waals surface area contributed by atoms with Crippen LogP contribution in [0.2, 0.25) is 0 Å². The summed E-state index contributed by atoms with van der Waals surface area (Å²) in [6, 6.07) is -1.25. The van der Waals surface area contributed by atoms with Gasteiger partial charge in [-0.3, -0.25) is 13.8 Å². The first-order valence-electron chi connectivity index (χ1n) is 20.9. The summed E-state index contributed by atoms with van der Waals surface area (Å²) in [6.45, 7) is 3.66. The van der Waals surface area contributed by atoms with Gasteiger partial charge in [0.15, 0.2) is 0 Å². The minimum Gasteiger partial charge on any atom is -0.393 e. The highest BCUT2D eigenvalue weighted by atomic mass is 31.2. The van der Waals surface area contributed by atoms with E-state index in [2.05, 4.69) is 31.3 Å². The van der Waals surface area contributed by atoms with Gasteiger partial charge in [-0.15, -0.1) is 0 Å². The number of aliphatic hydroxyl groups is 7. The molecule has 9 N–H and O–H groups in total. The molecule has 8 atom stereocenters. The highest BCUT2D eigenvalue weighted by Gasteiger charge is 2.51. The van der Waals surface area contributed by atoms with Gasteiger partial charge in [-0.2, -0.15) is 0 Å². The predicted molar refractivity (Wildman–Crippen MR) is 210 cm³/mol. The monoisotopic (exact) mass is 794 g/mol. The molecule has 1 saturated carbocycles. The van der Waals surface area contributed by atoms with Crippen LogP contribution in [0.15, 0.2) is 24.3 Å². The third-order valence-corrected chi connectivity index (χ3v) is 11.0. The molecule has 0 aromatic heterocycles. The molecule has 0 aromatic rings. The summed E-state index contributed by atoms with van der Waals surface area (Å²) in [4.78, 5) is 23.3. The third kappa shape index (κ3) is 23.1. The number of unbranched alkanes of at least 4 members (excludes halogenated alkanes) is 18. The second-order valence-corrected chi connectivity index (χ2v) is 16.4. The lowest BCUT2D eigenvalue weighted by atomic mass is 9.85. The van der Waals surface area contributed by atoms with E-state index in [9.17, 15) is 50.0 Å². The topological polar surface area (TPSA) is 226 Å². The third-order valence-electron chi connectivity index (χ3n) is 10.0. The number of hydrogen-bond donors (Lipinski definition) is 9.